The van der Waals surface area contributed by atoms with Crippen LogP contribution in [0.4, 0.5) is 5.82 Å². The summed E-state index contributed by atoms with van der Waals surface area (Å²) in [4.78, 5) is 9.63. The second-order valence-electron chi connectivity index (χ2n) is 1.84. The molecule has 0 saturated heterocycles. The van der Waals surface area contributed by atoms with E-state index in [1.54, 1.807) is 0 Å². The molecule has 0 radical (unpaired) electrons. The third kappa shape index (κ3) is 1.40. The zero-order valence-corrected chi connectivity index (χ0v) is 5.65. The van der Waals surface area contributed by atoms with E-state index in [-0.39, 0.29) is 5.82 Å². The highest BCUT2D eigenvalue weighted by Crippen LogP contribution is 2.10. The van der Waals surface area contributed by atoms with E-state index in [4.69, 9.17) is 0 Å². The lowest BCUT2D eigenvalue weighted by Crippen LogP contribution is -1.92. The van der Waals surface area contributed by atoms with Gasteiger partial charge >= 0.3 is 5.82 Å². The average molecular weight is 154 g/mol. The molecule has 1 aromatic heterocycles. The highest BCUT2D eigenvalue weighted by atomic mass is 16.6. The quantitative estimate of drug-likeness (QED) is 0.389. The summed E-state index contributed by atoms with van der Waals surface area (Å²) in [5.74, 6) is -0.232. The highest BCUT2D eigenvalue weighted by molar-refractivity contribution is 5.24. The molecule has 0 amide bonds. The SMILES string of the molecule is C=CCc1n[nH]nc1[N+](=O)[O-]. The molecule has 11 heavy (non-hydrogen) atoms. The molecule has 0 saturated carbocycles. The summed E-state index contributed by atoms with van der Waals surface area (Å²) in [5.41, 5.74) is 0.310. The van der Waals surface area contributed by atoms with Crippen molar-refractivity contribution in [2.24, 2.45) is 0 Å². The predicted molar refractivity (Wildman–Crippen MR) is 36.9 cm³/mol. The molecule has 0 aromatic carbocycles. The fourth-order valence-corrected chi connectivity index (χ4v) is 0.667. The van der Waals surface area contributed by atoms with Gasteiger partial charge in [-0.1, -0.05) is 6.08 Å². The Hall–Kier alpha value is -1.72. The van der Waals surface area contributed by atoms with Gasteiger partial charge in [-0.2, -0.15) is 0 Å². The lowest BCUT2D eigenvalue weighted by Gasteiger charge is -1.87. The first-order valence-corrected chi connectivity index (χ1v) is 2.90. The van der Waals surface area contributed by atoms with Crippen molar-refractivity contribution in [2.45, 2.75) is 6.42 Å². The van der Waals surface area contributed by atoms with Crippen LogP contribution in [0.2, 0.25) is 0 Å². The molecule has 0 bridgehead atoms. The molecule has 0 spiro atoms. The molecule has 6 nitrogen and oxygen atoms in total. The van der Waals surface area contributed by atoms with Gasteiger partial charge in [0, 0.05) is 6.42 Å². The van der Waals surface area contributed by atoms with Crippen molar-refractivity contribution in [3.05, 3.63) is 28.5 Å². The Morgan fingerprint density at radius 1 is 1.73 bits per heavy atom. The van der Waals surface area contributed by atoms with Crippen LogP contribution >= 0.6 is 0 Å². The van der Waals surface area contributed by atoms with Gasteiger partial charge in [0.1, 0.15) is 0 Å². The number of H-pyrrole nitrogens is 1. The van der Waals surface area contributed by atoms with Crippen LogP contribution in [0.15, 0.2) is 12.7 Å². The minimum atomic E-state index is -0.581. The first-order valence-electron chi connectivity index (χ1n) is 2.90. The molecule has 0 aliphatic heterocycles. The van der Waals surface area contributed by atoms with Gasteiger partial charge in [0.2, 0.25) is 0 Å². The normalized spacial score (nSPS) is 9.45. The summed E-state index contributed by atoms with van der Waals surface area (Å²) in [6, 6.07) is 0. The van der Waals surface area contributed by atoms with E-state index >= 15 is 0 Å². The number of hydrogen-bond donors (Lipinski definition) is 1. The number of aromatic nitrogens is 3. The number of nitro groups is 1. The monoisotopic (exact) mass is 154 g/mol. The molecule has 1 heterocycles. The minimum absolute atomic E-state index is 0.232. The van der Waals surface area contributed by atoms with Crippen LogP contribution < -0.4 is 0 Å². The van der Waals surface area contributed by atoms with Crippen LogP contribution in [0.5, 0.6) is 0 Å². The Labute approximate surface area is 62.1 Å². The molecule has 6 heteroatoms. The van der Waals surface area contributed by atoms with Crippen molar-refractivity contribution in [3.63, 3.8) is 0 Å². The lowest BCUT2D eigenvalue weighted by molar-refractivity contribution is -0.390. The molecular formula is C5H6N4O2. The first kappa shape index (κ1) is 7.39. The van der Waals surface area contributed by atoms with Crippen molar-refractivity contribution >= 4 is 5.82 Å². The van der Waals surface area contributed by atoms with Gasteiger partial charge in [-0.05, 0) is 4.92 Å². The average Bonchev–Trinajstić information content (AvgIpc) is 2.36. The molecule has 0 atom stereocenters. The largest absolute Gasteiger partial charge is 0.413 e. The van der Waals surface area contributed by atoms with Gasteiger partial charge in [-0.25, -0.2) is 0 Å². The number of hydrogen-bond acceptors (Lipinski definition) is 4. The number of allylic oxidation sites excluding steroid dienone is 1. The van der Waals surface area contributed by atoms with E-state index in [2.05, 4.69) is 22.0 Å². The minimum Gasteiger partial charge on any atom is -0.358 e. The van der Waals surface area contributed by atoms with Crippen LogP contribution in [0.1, 0.15) is 5.69 Å². The molecule has 58 valence electrons. The van der Waals surface area contributed by atoms with Gasteiger partial charge in [-0.3, -0.25) is 0 Å². The van der Waals surface area contributed by atoms with E-state index < -0.39 is 4.92 Å². The van der Waals surface area contributed by atoms with E-state index in [0.29, 0.717) is 12.1 Å². The second-order valence-corrected chi connectivity index (χ2v) is 1.84. The Kier molecular flexibility index (Phi) is 1.95. The Morgan fingerprint density at radius 2 is 2.45 bits per heavy atom. The van der Waals surface area contributed by atoms with E-state index in [1.807, 2.05) is 0 Å². The van der Waals surface area contributed by atoms with Crippen LogP contribution in [-0.4, -0.2) is 20.3 Å². The van der Waals surface area contributed by atoms with E-state index in [9.17, 15) is 10.1 Å². The molecular weight excluding hydrogens is 148 g/mol. The number of nitrogens with one attached hydrogen (secondary N) is 1. The summed E-state index contributed by atoms with van der Waals surface area (Å²) >= 11 is 0. The molecule has 1 rings (SSSR count). The zero-order chi connectivity index (χ0) is 8.27. The molecule has 0 aliphatic rings. The maximum absolute atomic E-state index is 10.2. The lowest BCUT2D eigenvalue weighted by atomic mass is 10.3. The smallest absolute Gasteiger partial charge is 0.358 e. The van der Waals surface area contributed by atoms with Crippen molar-refractivity contribution < 1.29 is 4.92 Å². The summed E-state index contributed by atoms with van der Waals surface area (Å²) in [7, 11) is 0. The summed E-state index contributed by atoms with van der Waals surface area (Å²) in [6.07, 6.45) is 1.89. The Balaban J connectivity index is 2.95. The summed E-state index contributed by atoms with van der Waals surface area (Å²) < 4.78 is 0. The first-order chi connectivity index (χ1) is 5.25. The maximum Gasteiger partial charge on any atom is 0.413 e. The van der Waals surface area contributed by atoms with Gasteiger partial charge in [0.15, 0.2) is 5.69 Å². The Bertz CT molecular complexity index is 280. The van der Waals surface area contributed by atoms with Crippen LogP contribution in [0.25, 0.3) is 0 Å². The Morgan fingerprint density at radius 3 is 3.00 bits per heavy atom. The molecule has 1 N–H and O–H groups in total. The fraction of sp³-hybridized carbons (Fsp3) is 0.200. The van der Waals surface area contributed by atoms with Crippen LogP contribution in [-0.2, 0) is 6.42 Å². The van der Waals surface area contributed by atoms with Gasteiger partial charge in [-0.15, -0.1) is 16.9 Å². The summed E-state index contributed by atoms with van der Waals surface area (Å²) in [6.45, 7) is 3.43. The topological polar surface area (TPSA) is 84.7 Å². The van der Waals surface area contributed by atoms with Gasteiger partial charge < -0.3 is 10.1 Å². The van der Waals surface area contributed by atoms with Crippen molar-refractivity contribution in [1.82, 2.24) is 15.4 Å². The number of aromatic amines is 1. The van der Waals surface area contributed by atoms with Crippen molar-refractivity contribution in [2.75, 3.05) is 0 Å². The van der Waals surface area contributed by atoms with E-state index in [1.165, 1.54) is 6.08 Å². The van der Waals surface area contributed by atoms with Crippen molar-refractivity contribution in [1.29, 1.82) is 0 Å². The van der Waals surface area contributed by atoms with Crippen LogP contribution in [0, 0.1) is 10.1 Å². The maximum atomic E-state index is 10.2. The second kappa shape index (κ2) is 2.91. The number of rotatable bonds is 3. The molecule has 0 fully saturated rings. The van der Waals surface area contributed by atoms with Gasteiger partial charge in [0.25, 0.3) is 0 Å². The molecule has 0 unspecified atom stereocenters. The fourth-order valence-electron chi connectivity index (χ4n) is 0.667. The number of nitrogens with zero attached hydrogens (tertiary/aromatic N) is 3. The zero-order valence-electron chi connectivity index (χ0n) is 5.65. The standard InChI is InChI=1S/C5H6N4O2/c1-2-3-4-5(9(10)11)7-8-6-4/h2H,1,3H2,(H,6,7,8). The summed E-state index contributed by atoms with van der Waals surface area (Å²) in [5, 5.41) is 19.3. The van der Waals surface area contributed by atoms with Crippen molar-refractivity contribution in [3.8, 4) is 0 Å². The third-order valence-electron chi connectivity index (χ3n) is 1.11. The molecule has 0 aliphatic carbocycles. The van der Waals surface area contributed by atoms with Crippen LogP contribution in [0.3, 0.4) is 0 Å². The van der Waals surface area contributed by atoms with E-state index in [0.717, 1.165) is 0 Å². The predicted octanol–water partition coefficient (Wildman–Crippen LogP) is 0.441. The highest BCUT2D eigenvalue weighted by Gasteiger charge is 2.16. The van der Waals surface area contributed by atoms with Gasteiger partial charge in [0.05, 0.1) is 5.10 Å². The third-order valence-corrected chi connectivity index (χ3v) is 1.11. The molecule has 1 aromatic rings.